The fourth-order valence-electron chi connectivity index (χ4n) is 2.26. The Morgan fingerprint density at radius 3 is 2.87 bits per heavy atom. The molecule has 1 aliphatic rings. The van der Waals surface area contributed by atoms with Gasteiger partial charge in [0.05, 0.1) is 0 Å². The maximum absolute atomic E-state index is 6.05. The zero-order valence-corrected chi connectivity index (χ0v) is 11.5. The van der Waals surface area contributed by atoms with E-state index in [2.05, 4.69) is 41.9 Å². The van der Waals surface area contributed by atoms with E-state index >= 15 is 0 Å². The lowest BCUT2D eigenvalue weighted by molar-refractivity contribution is 0.316. The molecule has 0 nitrogen and oxygen atoms in total. The van der Waals surface area contributed by atoms with E-state index < -0.39 is 0 Å². The lowest BCUT2D eigenvalue weighted by atomic mass is 9.84. The van der Waals surface area contributed by atoms with E-state index in [1.807, 2.05) is 6.07 Å². The van der Waals surface area contributed by atoms with E-state index in [0.717, 1.165) is 5.02 Å². The van der Waals surface area contributed by atoms with Crippen LogP contribution < -0.4 is 0 Å². The summed E-state index contributed by atoms with van der Waals surface area (Å²) in [6.07, 6.45) is 3.60. The van der Waals surface area contributed by atoms with E-state index in [0.29, 0.717) is 10.2 Å². The van der Waals surface area contributed by atoms with Gasteiger partial charge in [-0.25, -0.2) is 0 Å². The summed E-state index contributed by atoms with van der Waals surface area (Å²) in [6, 6.07) is 6.28. The highest BCUT2D eigenvalue weighted by Gasteiger charge is 2.27. The van der Waals surface area contributed by atoms with Crippen molar-refractivity contribution in [3.8, 4) is 0 Å². The quantitative estimate of drug-likeness (QED) is 0.458. The molecule has 0 saturated heterocycles. The summed E-state index contributed by atoms with van der Waals surface area (Å²) in [7, 11) is 0. The van der Waals surface area contributed by atoms with Gasteiger partial charge in [0.1, 0.15) is 0 Å². The molecule has 0 radical (unpaired) electrons. The van der Waals surface area contributed by atoms with Gasteiger partial charge in [0, 0.05) is 9.85 Å². The fraction of sp³-hybridized carbons (Fsp3) is 0.538. The van der Waals surface area contributed by atoms with Crippen LogP contribution in [0.25, 0.3) is 0 Å². The van der Waals surface area contributed by atoms with Crippen molar-refractivity contribution in [2.45, 2.75) is 37.9 Å². The molecular formula is C13H16BrCl. The Hall–Kier alpha value is -0.0100. The minimum Gasteiger partial charge on any atom is -0.0843 e. The van der Waals surface area contributed by atoms with Crippen LogP contribution in [0.4, 0.5) is 0 Å². The van der Waals surface area contributed by atoms with E-state index in [1.165, 1.54) is 30.4 Å². The molecule has 1 unspecified atom stereocenters. The van der Waals surface area contributed by atoms with E-state index in [-0.39, 0.29) is 0 Å². The second-order valence-electron chi connectivity index (χ2n) is 5.18. The Bertz CT molecular complexity index is 371. The molecule has 2 heteroatoms. The molecule has 0 heterocycles. The SMILES string of the molecule is CC1(C)CCc2ccc(Cl)cc2C(Br)C1. The molecule has 1 aliphatic carbocycles. The van der Waals surface area contributed by atoms with Gasteiger partial charge in [0.2, 0.25) is 0 Å². The van der Waals surface area contributed by atoms with Gasteiger partial charge in [-0.3, -0.25) is 0 Å². The first kappa shape index (κ1) is 11.5. The van der Waals surface area contributed by atoms with E-state index in [1.54, 1.807) is 0 Å². The molecule has 0 amide bonds. The summed E-state index contributed by atoms with van der Waals surface area (Å²) in [4.78, 5) is 0.448. The van der Waals surface area contributed by atoms with Crippen molar-refractivity contribution in [3.63, 3.8) is 0 Å². The van der Waals surface area contributed by atoms with Crippen molar-refractivity contribution >= 4 is 27.5 Å². The molecule has 1 aromatic rings. The van der Waals surface area contributed by atoms with Crippen molar-refractivity contribution < 1.29 is 0 Å². The number of rotatable bonds is 0. The normalized spacial score (nSPS) is 24.4. The molecule has 2 rings (SSSR count). The second-order valence-corrected chi connectivity index (χ2v) is 6.72. The smallest absolute Gasteiger partial charge is 0.0409 e. The van der Waals surface area contributed by atoms with Crippen LogP contribution in [0.3, 0.4) is 0 Å². The third-order valence-electron chi connectivity index (χ3n) is 3.25. The van der Waals surface area contributed by atoms with Gasteiger partial charge in [0.25, 0.3) is 0 Å². The van der Waals surface area contributed by atoms with Crippen LogP contribution in [0.15, 0.2) is 18.2 Å². The maximum Gasteiger partial charge on any atom is 0.0409 e. The highest BCUT2D eigenvalue weighted by Crippen LogP contribution is 2.43. The molecule has 0 aromatic heterocycles. The van der Waals surface area contributed by atoms with E-state index in [4.69, 9.17) is 11.6 Å². The standard InChI is InChI=1S/C13H16BrCl/c1-13(2)6-5-9-3-4-10(15)7-11(9)12(14)8-13/h3-4,7,12H,5-6,8H2,1-2H3. The lowest BCUT2D eigenvalue weighted by Crippen LogP contribution is -2.11. The number of benzene rings is 1. The number of hydrogen-bond acceptors (Lipinski definition) is 0. The highest BCUT2D eigenvalue weighted by molar-refractivity contribution is 9.09. The molecule has 0 spiro atoms. The van der Waals surface area contributed by atoms with E-state index in [9.17, 15) is 0 Å². The molecule has 0 fully saturated rings. The number of hydrogen-bond donors (Lipinski definition) is 0. The van der Waals surface area contributed by atoms with Gasteiger partial charge in [-0.15, -0.1) is 0 Å². The van der Waals surface area contributed by atoms with Crippen LogP contribution in [0.5, 0.6) is 0 Å². The average molecular weight is 288 g/mol. The summed E-state index contributed by atoms with van der Waals surface area (Å²) in [5, 5.41) is 0.845. The molecular weight excluding hydrogens is 271 g/mol. The second kappa shape index (κ2) is 4.10. The zero-order chi connectivity index (χ0) is 11.1. The van der Waals surface area contributed by atoms with Gasteiger partial charge < -0.3 is 0 Å². The summed E-state index contributed by atoms with van der Waals surface area (Å²) in [5.74, 6) is 0. The molecule has 82 valence electrons. The summed E-state index contributed by atoms with van der Waals surface area (Å²) in [6.45, 7) is 4.68. The van der Waals surface area contributed by atoms with Crippen LogP contribution >= 0.6 is 27.5 Å². The molecule has 1 aromatic carbocycles. The molecule has 0 N–H and O–H groups in total. The average Bonchev–Trinajstić information content (AvgIpc) is 2.24. The summed E-state index contributed by atoms with van der Waals surface area (Å²) in [5.41, 5.74) is 3.25. The van der Waals surface area contributed by atoms with Gasteiger partial charge in [-0.05, 0) is 47.9 Å². The predicted octanol–water partition coefficient (Wildman–Crippen LogP) is 5.14. The molecule has 15 heavy (non-hydrogen) atoms. The van der Waals surface area contributed by atoms with Gasteiger partial charge >= 0.3 is 0 Å². The third-order valence-corrected chi connectivity index (χ3v) is 4.30. The summed E-state index contributed by atoms with van der Waals surface area (Å²) < 4.78 is 0. The lowest BCUT2D eigenvalue weighted by Gasteiger charge is -2.23. The van der Waals surface area contributed by atoms with Crippen molar-refractivity contribution in [2.24, 2.45) is 5.41 Å². The number of halogens is 2. The molecule has 0 aliphatic heterocycles. The van der Waals surface area contributed by atoms with Crippen molar-refractivity contribution in [1.29, 1.82) is 0 Å². The Labute approximate surface area is 105 Å². The van der Waals surface area contributed by atoms with Crippen molar-refractivity contribution in [2.75, 3.05) is 0 Å². The van der Waals surface area contributed by atoms with Crippen LogP contribution in [-0.4, -0.2) is 0 Å². The topological polar surface area (TPSA) is 0 Å². The molecule has 1 atom stereocenters. The largest absolute Gasteiger partial charge is 0.0843 e. The van der Waals surface area contributed by atoms with Crippen LogP contribution in [-0.2, 0) is 6.42 Å². The minimum atomic E-state index is 0.416. The predicted molar refractivity (Wildman–Crippen MR) is 69.8 cm³/mol. The van der Waals surface area contributed by atoms with Gasteiger partial charge in [-0.2, -0.15) is 0 Å². The van der Waals surface area contributed by atoms with Crippen molar-refractivity contribution in [1.82, 2.24) is 0 Å². The zero-order valence-electron chi connectivity index (χ0n) is 9.19. The third kappa shape index (κ3) is 2.57. The molecule has 0 bridgehead atoms. The van der Waals surface area contributed by atoms with Gasteiger partial charge in [-0.1, -0.05) is 47.4 Å². The van der Waals surface area contributed by atoms with Crippen molar-refractivity contribution in [3.05, 3.63) is 34.3 Å². The monoisotopic (exact) mass is 286 g/mol. The molecule has 0 saturated carbocycles. The Kier molecular flexibility index (Phi) is 3.14. The number of aryl methyl sites for hydroxylation is 1. The summed E-state index contributed by atoms with van der Waals surface area (Å²) >= 11 is 9.83. The number of alkyl halides is 1. The number of fused-ring (bicyclic) bond motifs is 1. The van der Waals surface area contributed by atoms with Crippen LogP contribution in [0.2, 0.25) is 5.02 Å². The first-order valence-corrected chi connectivity index (χ1v) is 6.70. The van der Waals surface area contributed by atoms with Crippen LogP contribution in [0, 0.1) is 5.41 Å². The fourth-order valence-corrected chi connectivity index (χ4v) is 3.74. The minimum absolute atomic E-state index is 0.416. The Balaban J connectivity index is 2.40. The Morgan fingerprint density at radius 2 is 2.13 bits per heavy atom. The van der Waals surface area contributed by atoms with Crippen LogP contribution in [0.1, 0.15) is 42.6 Å². The Morgan fingerprint density at radius 1 is 1.40 bits per heavy atom. The maximum atomic E-state index is 6.05. The first-order chi connectivity index (χ1) is 6.98. The highest BCUT2D eigenvalue weighted by atomic mass is 79.9. The van der Waals surface area contributed by atoms with Gasteiger partial charge in [0.15, 0.2) is 0 Å². The first-order valence-electron chi connectivity index (χ1n) is 5.40.